The van der Waals surface area contributed by atoms with Crippen molar-refractivity contribution in [1.29, 1.82) is 0 Å². The van der Waals surface area contributed by atoms with Crippen LogP contribution in [0.2, 0.25) is 0 Å². The maximum Gasteiger partial charge on any atom is 0.335 e. The molecule has 0 amide bonds. The molecule has 5 nitrogen and oxygen atoms in total. The van der Waals surface area contributed by atoms with E-state index in [4.69, 9.17) is 20.3 Å². The summed E-state index contributed by atoms with van der Waals surface area (Å²) < 4.78 is 10.7. The van der Waals surface area contributed by atoms with Gasteiger partial charge in [0.2, 0.25) is 0 Å². The van der Waals surface area contributed by atoms with Gasteiger partial charge in [-0.25, -0.2) is 4.79 Å². The van der Waals surface area contributed by atoms with Crippen molar-refractivity contribution in [3.8, 4) is 11.5 Å². The number of hydrogen-bond donors (Lipinski definition) is 2. The van der Waals surface area contributed by atoms with E-state index in [0.29, 0.717) is 11.4 Å². The first-order valence-corrected chi connectivity index (χ1v) is 5.98. The molecule has 20 heavy (non-hydrogen) atoms. The molecule has 0 radical (unpaired) electrons. The fourth-order valence-corrected chi connectivity index (χ4v) is 1.72. The van der Waals surface area contributed by atoms with Crippen molar-refractivity contribution in [3.05, 3.63) is 53.6 Å². The molecule has 0 fully saturated rings. The fraction of sp³-hybridized carbons (Fsp3) is 0.133. The lowest BCUT2D eigenvalue weighted by Gasteiger charge is -2.10. The summed E-state index contributed by atoms with van der Waals surface area (Å²) in [6, 6.07) is 11.8. The lowest BCUT2D eigenvalue weighted by Crippen LogP contribution is -2.02. The molecular weight excluding hydrogens is 258 g/mol. The third kappa shape index (κ3) is 3.20. The number of carboxylic acids is 1. The van der Waals surface area contributed by atoms with Gasteiger partial charge in [0, 0.05) is 0 Å². The number of hydrogen-bond acceptors (Lipinski definition) is 4. The molecule has 2 aromatic carbocycles. The molecule has 0 saturated carbocycles. The Morgan fingerprint density at radius 1 is 1.25 bits per heavy atom. The Morgan fingerprint density at radius 3 is 2.75 bits per heavy atom. The van der Waals surface area contributed by atoms with E-state index in [0.717, 1.165) is 11.3 Å². The molecule has 0 aromatic heterocycles. The van der Waals surface area contributed by atoms with E-state index < -0.39 is 5.97 Å². The standard InChI is InChI=1S/C15H15NO4/c1-19-12-4-2-3-10(7-12)9-20-14-8-11(15(17)18)5-6-13(14)16/h2-8H,9,16H2,1H3,(H,17,18). The molecule has 0 aliphatic heterocycles. The van der Waals surface area contributed by atoms with Gasteiger partial charge in [0.25, 0.3) is 0 Å². The van der Waals surface area contributed by atoms with Gasteiger partial charge in [-0.3, -0.25) is 0 Å². The maximum atomic E-state index is 10.9. The first-order valence-electron chi connectivity index (χ1n) is 5.98. The first kappa shape index (κ1) is 13.7. The predicted octanol–water partition coefficient (Wildman–Crippen LogP) is 2.55. The van der Waals surface area contributed by atoms with E-state index in [9.17, 15) is 4.79 Å². The van der Waals surface area contributed by atoms with Crippen LogP contribution in [0.3, 0.4) is 0 Å². The van der Waals surface area contributed by atoms with Gasteiger partial charge < -0.3 is 20.3 Å². The minimum atomic E-state index is -1.02. The van der Waals surface area contributed by atoms with Gasteiger partial charge in [-0.05, 0) is 35.9 Å². The molecule has 0 aliphatic carbocycles. The largest absolute Gasteiger partial charge is 0.497 e. The van der Waals surface area contributed by atoms with Crippen LogP contribution in [0.15, 0.2) is 42.5 Å². The van der Waals surface area contributed by atoms with E-state index in [1.165, 1.54) is 18.2 Å². The zero-order valence-electron chi connectivity index (χ0n) is 11.0. The Balaban J connectivity index is 2.13. The van der Waals surface area contributed by atoms with Crippen molar-refractivity contribution in [2.24, 2.45) is 0 Å². The second-order valence-corrected chi connectivity index (χ2v) is 4.20. The molecule has 5 heteroatoms. The van der Waals surface area contributed by atoms with Crippen molar-refractivity contribution >= 4 is 11.7 Å². The van der Waals surface area contributed by atoms with Gasteiger partial charge in [0.15, 0.2) is 0 Å². The second-order valence-electron chi connectivity index (χ2n) is 4.20. The third-order valence-corrected chi connectivity index (χ3v) is 2.79. The summed E-state index contributed by atoms with van der Waals surface area (Å²) in [6.07, 6.45) is 0. The smallest absolute Gasteiger partial charge is 0.335 e. The number of nitrogen functional groups attached to an aromatic ring is 1. The van der Waals surface area contributed by atoms with Crippen LogP contribution in [0.25, 0.3) is 0 Å². The predicted molar refractivity (Wildman–Crippen MR) is 75.1 cm³/mol. The molecule has 104 valence electrons. The quantitative estimate of drug-likeness (QED) is 0.818. The first-order chi connectivity index (χ1) is 9.60. The van der Waals surface area contributed by atoms with E-state index in [1.54, 1.807) is 7.11 Å². The number of aromatic carboxylic acids is 1. The van der Waals surface area contributed by atoms with Gasteiger partial charge in [0.05, 0.1) is 18.4 Å². The van der Waals surface area contributed by atoms with E-state index in [-0.39, 0.29) is 12.2 Å². The Bertz CT molecular complexity index is 625. The van der Waals surface area contributed by atoms with Crippen LogP contribution in [-0.4, -0.2) is 18.2 Å². The lowest BCUT2D eigenvalue weighted by atomic mass is 10.2. The summed E-state index contributed by atoms with van der Waals surface area (Å²) >= 11 is 0. The van der Waals surface area contributed by atoms with Crippen LogP contribution < -0.4 is 15.2 Å². The molecule has 0 spiro atoms. The number of rotatable bonds is 5. The average Bonchev–Trinajstić information content (AvgIpc) is 2.46. The number of anilines is 1. The highest BCUT2D eigenvalue weighted by Gasteiger charge is 2.08. The number of methoxy groups -OCH3 is 1. The number of benzene rings is 2. The third-order valence-electron chi connectivity index (χ3n) is 2.79. The topological polar surface area (TPSA) is 81.8 Å². The monoisotopic (exact) mass is 273 g/mol. The minimum absolute atomic E-state index is 0.139. The van der Waals surface area contributed by atoms with Crippen molar-refractivity contribution in [2.45, 2.75) is 6.61 Å². The minimum Gasteiger partial charge on any atom is -0.497 e. The highest BCUT2D eigenvalue weighted by atomic mass is 16.5. The Hall–Kier alpha value is -2.69. The van der Waals surface area contributed by atoms with Gasteiger partial charge in [-0.2, -0.15) is 0 Å². The molecule has 2 aromatic rings. The van der Waals surface area contributed by atoms with Crippen molar-refractivity contribution in [2.75, 3.05) is 12.8 Å². The summed E-state index contributed by atoms with van der Waals surface area (Å²) in [7, 11) is 1.59. The van der Waals surface area contributed by atoms with Crippen LogP contribution in [0.4, 0.5) is 5.69 Å². The summed E-state index contributed by atoms with van der Waals surface area (Å²) in [6.45, 7) is 0.282. The molecule has 0 unspecified atom stereocenters. The average molecular weight is 273 g/mol. The number of carboxylic acid groups (broad SMARTS) is 1. The molecule has 0 heterocycles. The van der Waals surface area contributed by atoms with E-state index in [2.05, 4.69) is 0 Å². The van der Waals surface area contributed by atoms with Gasteiger partial charge >= 0.3 is 5.97 Å². The Morgan fingerprint density at radius 2 is 2.05 bits per heavy atom. The van der Waals surface area contributed by atoms with Crippen LogP contribution in [0.5, 0.6) is 11.5 Å². The molecule has 0 bridgehead atoms. The van der Waals surface area contributed by atoms with Gasteiger partial charge in [0.1, 0.15) is 18.1 Å². The number of nitrogens with two attached hydrogens (primary N) is 1. The number of ether oxygens (including phenoxy) is 2. The fourth-order valence-electron chi connectivity index (χ4n) is 1.72. The second kappa shape index (κ2) is 5.97. The molecule has 2 rings (SSSR count). The van der Waals surface area contributed by atoms with Gasteiger partial charge in [-0.15, -0.1) is 0 Å². The highest BCUT2D eigenvalue weighted by Crippen LogP contribution is 2.24. The maximum absolute atomic E-state index is 10.9. The highest BCUT2D eigenvalue weighted by molar-refractivity contribution is 5.89. The molecule has 3 N–H and O–H groups in total. The summed E-state index contributed by atoms with van der Waals surface area (Å²) in [5.41, 5.74) is 7.21. The normalized spacial score (nSPS) is 10.1. The SMILES string of the molecule is COc1cccc(COc2cc(C(=O)O)ccc2N)c1. The molecular formula is C15H15NO4. The van der Waals surface area contributed by atoms with Crippen molar-refractivity contribution in [3.63, 3.8) is 0 Å². The summed E-state index contributed by atoms with van der Waals surface area (Å²) in [5, 5.41) is 8.94. The van der Waals surface area contributed by atoms with Crippen LogP contribution in [-0.2, 0) is 6.61 Å². The zero-order valence-corrected chi connectivity index (χ0v) is 11.0. The summed E-state index contributed by atoms with van der Waals surface area (Å²) in [4.78, 5) is 10.9. The molecule has 0 atom stereocenters. The zero-order chi connectivity index (χ0) is 14.5. The van der Waals surface area contributed by atoms with Crippen LogP contribution in [0, 0.1) is 0 Å². The molecule has 0 aliphatic rings. The van der Waals surface area contributed by atoms with Crippen molar-refractivity contribution in [1.82, 2.24) is 0 Å². The lowest BCUT2D eigenvalue weighted by molar-refractivity contribution is 0.0696. The Kier molecular flexibility index (Phi) is 4.10. The number of carbonyl (C=O) groups is 1. The van der Waals surface area contributed by atoms with E-state index >= 15 is 0 Å². The van der Waals surface area contributed by atoms with Gasteiger partial charge in [-0.1, -0.05) is 12.1 Å². The van der Waals surface area contributed by atoms with E-state index in [1.807, 2.05) is 24.3 Å². The van der Waals surface area contributed by atoms with Crippen LogP contribution >= 0.6 is 0 Å². The Labute approximate surface area is 116 Å². The summed E-state index contributed by atoms with van der Waals surface area (Å²) in [5.74, 6) is 0.0716. The van der Waals surface area contributed by atoms with Crippen molar-refractivity contribution < 1.29 is 19.4 Å². The van der Waals surface area contributed by atoms with Crippen LogP contribution in [0.1, 0.15) is 15.9 Å². The molecule has 0 saturated heterocycles.